The Hall–Kier alpha value is -1.95. The van der Waals surface area contributed by atoms with Gasteiger partial charge in [-0.15, -0.1) is 0 Å². The number of aromatic amines is 1. The van der Waals surface area contributed by atoms with Crippen molar-refractivity contribution in [3.8, 4) is 0 Å². The predicted octanol–water partition coefficient (Wildman–Crippen LogP) is 1.97. The molecule has 2 rings (SSSR count). The van der Waals surface area contributed by atoms with Crippen molar-refractivity contribution in [2.75, 3.05) is 0 Å². The second-order valence-corrected chi connectivity index (χ2v) is 4.98. The number of imidazole rings is 1. The van der Waals surface area contributed by atoms with Crippen molar-refractivity contribution in [2.24, 2.45) is 0 Å². The number of nitrogens with zero attached hydrogens (tertiary/aromatic N) is 2. The Bertz CT molecular complexity index is 584. The molecule has 0 spiro atoms. The normalized spacial score (nSPS) is 11.9. The molecule has 0 atom stereocenters. The molecule has 0 bridgehead atoms. The van der Waals surface area contributed by atoms with E-state index in [4.69, 9.17) is 9.84 Å². The lowest BCUT2D eigenvalue weighted by atomic mass is 10.2. The third-order valence-corrected chi connectivity index (χ3v) is 2.28. The van der Waals surface area contributed by atoms with Crippen LogP contribution in [0.15, 0.2) is 12.3 Å². The van der Waals surface area contributed by atoms with E-state index in [-0.39, 0.29) is 11.2 Å². The molecule has 0 aliphatic rings. The van der Waals surface area contributed by atoms with E-state index in [1.165, 1.54) is 12.3 Å². The Morgan fingerprint density at radius 1 is 1.50 bits per heavy atom. The highest BCUT2D eigenvalue weighted by molar-refractivity contribution is 5.90. The number of ether oxygens (including phenoxy) is 1. The first-order chi connectivity index (χ1) is 8.35. The number of pyridine rings is 1. The van der Waals surface area contributed by atoms with Gasteiger partial charge in [0.2, 0.25) is 0 Å². The maximum Gasteiger partial charge on any atom is 0.337 e. The van der Waals surface area contributed by atoms with E-state index in [9.17, 15) is 4.79 Å². The van der Waals surface area contributed by atoms with Crippen molar-refractivity contribution >= 4 is 17.1 Å². The molecule has 0 aliphatic heterocycles. The van der Waals surface area contributed by atoms with E-state index in [2.05, 4.69) is 15.0 Å². The van der Waals surface area contributed by atoms with E-state index >= 15 is 0 Å². The first-order valence-corrected chi connectivity index (χ1v) is 5.57. The molecule has 18 heavy (non-hydrogen) atoms. The van der Waals surface area contributed by atoms with E-state index in [0.717, 1.165) is 0 Å². The molecule has 0 unspecified atom stereocenters. The fourth-order valence-corrected chi connectivity index (χ4v) is 1.42. The van der Waals surface area contributed by atoms with Crippen LogP contribution in [0.3, 0.4) is 0 Å². The molecule has 96 valence electrons. The molecule has 0 saturated carbocycles. The van der Waals surface area contributed by atoms with Crippen LogP contribution in [-0.4, -0.2) is 31.6 Å². The number of carboxylic acids is 1. The molecule has 2 aromatic heterocycles. The second-order valence-electron chi connectivity index (χ2n) is 4.98. The molecule has 0 aromatic carbocycles. The van der Waals surface area contributed by atoms with Crippen molar-refractivity contribution in [3.05, 3.63) is 23.7 Å². The number of carbonyl (C=O) groups is 1. The molecule has 6 nitrogen and oxygen atoms in total. The van der Waals surface area contributed by atoms with Gasteiger partial charge in [0.1, 0.15) is 12.4 Å². The standard InChI is InChI=1S/C12H15N3O3/c1-12(2,3)18-6-9-14-8-4-7(11(16)17)5-13-10(8)15-9/h4-5H,6H2,1-3H3,(H,16,17)(H,13,14,15). The largest absolute Gasteiger partial charge is 0.478 e. The minimum Gasteiger partial charge on any atom is -0.478 e. The number of H-pyrrole nitrogens is 1. The third-order valence-electron chi connectivity index (χ3n) is 2.28. The first-order valence-electron chi connectivity index (χ1n) is 5.57. The number of nitrogens with one attached hydrogen (secondary N) is 1. The van der Waals surface area contributed by atoms with Crippen molar-refractivity contribution < 1.29 is 14.6 Å². The van der Waals surface area contributed by atoms with Gasteiger partial charge in [0.15, 0.2) is 5.65 Å². The fourth-order valence-electron chi connectivity index (χ4n) is 1.42. The summed E-state index contributed by atoms with van der Waals surface area (Å²) in [7, 11) is 0. The van der Waals surface area contributed by atoms with Crippen LogP contribution in [0.25, 0.3) is 11.2 Å². The molecule has 2 aromatic rings. The zero-order valence-corrected chi connectivity index (χ0v) is 10.5. The Labute approximate surface area is 104 Å². The second kappa shape index (κ2) is 4.38. The lowest BCUT2D eigenvalue weighted by Crippen LogP contribution is -2.19. The highest BCUT2D eigenvalue weighted by Gasteiger charge is 2.13. The summed E-state index contributed by atoms with van der Waals surface area (Å²) < 4.78 is 5.58. The van der Waals surface area contributed by atoms with Gasteiger partial charge in [-0.3, -0.25) is 0 Å². The van der Waals surface area contributed by atoms with Gasteiger partial charge in [0.05, 0.1) is 16.7 Å². The molecule has 0 radical (unpaired) electrons. The number of aromatic carboxylic acids is 1. The van der Waals surface area contributed by atoms with Crippen LogP contribution < -0.4 is 0 Å². The van der Waals surface area contributed by atoms with Gasteiger partial charge in [-0.1, -0.05) is 0 Å². The molecule has 0 amide bonds. The molecule has 0 fully saturated rings. The smallest absolute Gasteiger partial charge is 0.337 e. The maximum absolute atomic E-state index is 10.8. The Morgan fingerprint density at radius 2 is 2.22 bits per heavy atom. The Morgan fingerprint density at radius 3 is 2.83 bits per heavy atom. The number of carboxylic acid groups (broad SMARTS) is 1. The average molecular weight is 249 g/mol. The zero-order valence-electron chi connectivity index (χ0n) is 10.5. The molecule has 6 heteroatoms. The van der Waals surface area contributed by atoms with Crippen LogP contribution in [0, 0.1) is 0 Å². The number of fused-ring (bicyclic) bond motifs is 1. The lowest BCUT2D eigenvalue weighted by Gasteiger charge is -2.18. The number of rotatable bonds is 3. The average Bonchev–Trinajstić information content (AvgIpc) is 2.66. The van der Waals surface area contributed by atoms with E-state index < -0.39 is 5.97 Å². The summed E-state index contributed by atoms with van der Waals surface area (Å²) in [5.41, 5.74) is 0.975. The van der Waals surface area contributed by atoms with Crippen LogP contribution in [0.4, 0.5) is 0 Å². The highest BCUT2D eigenvalue weighted by atomic mass is 16.5. The minimum absolute atomic E-state index is 0.134. The zero-order chi connectivity index (χ0) is 13.3. The topological polar surface area (TPSA) is 88.1 Å². The third kappa shape index (κ3) is 2.84. The summed E-state index contributed by atoms with van der Waals surface area (Å²) in [5, 5.41) is 8.86. The Balaban J connectivity index is 2.24. The van der Waals surface area contributed by atoms with E-state index in [1.807, 2.05) is 20.8 Å². The summed E-state index contributed by atoms with van der Waals surface area (Å²) in [6, 6.07) is 1.51. The van der Waals surface area contributed by atoms with Crippen LogP contribution in [0.1, 0.15) is 37.0 Å². The number of aromatic nitrogens is 3. The van der Waals surface area contributed by atoms with Crippen LogP contribution in [0.5, 0.6) is 0 Å². The Kier molecular flexibility index (Phi) is 3.04. The fraction of sp³-hybridized carbons (Fsp3) is 0.417. The van der Waals surface area contributed by atoms with Crippen molar-refractivity contribution in [2.45, 2.75) is 33.0 Å². The maximum atomic E-state index is 10.8. The lowest BCUT2D eigenvalue weighted by molar-refractivity contribution is -0.0177. The molecule has 2 N–H and O–H groups in total. The van der Waals surface area contributed by atoms with Gasteiger partial charge in [0.25, 0.3) is 0 Å². The van der Waals surface area contributed by atoms with Crippen molar-refractivity contribution in [1.29, 1.82) is 0 Å². The SMILES string of the molecule is CC(C)(C)OCc1nc2ncc(C(=O)O)cc2[nH]1. The van der Waals surface area contributed by atoms with E-state index in [1.54, 1.807) is 0 Å². The van der Waals surface area contributed by atoms with Crippen LogP contribution in [0.2, 0.25) is 0 Å². The molecular weight excluding hydrogens is 234 g/mol. The van der Waals surface area contributed by atoms with Gasteiger partial charge < -0.3 is 14.8 Å². The first kappa shape index (κ1) is 12.5. The quantitative estimate of drug-likeness (QED) is 0.868. The predicted molar refractivity (Wildman–Crippen MR) is 65.4 cm³/mol. The van der Waals surface area contributed by atoms with Crippen LogP contribution >= 0.6 is 0 Å². The van der Waals surface area contributed by atoms with Crippen LogP contribution in [-0.2, 0) is 11.3 Å². The van der Waals surface area contributed by atoms with Gasteiger partial charge >= 0.3 is 5.97 Å². The molecular formula is C12H15N3O3. The van der Waals surface area contributed by atoms with Crippen molar-refractivity contribution in [1.82, 2.24) is 15.0 Å². The van der Waals surface area contributed by atoms with E-state index in [0.29, 0.717) is 23.6 Å². The monoisotopic (exact) mass is 249 g/mol. The summed E-state index contributed by atoms with van der Waals surface area (Å²) in [6.07, 6.45) is 1.29. The van der Waals surface area contributed by atoms with Gasteiger partial charge in [-0.25, -0.2) is 14.8 Å². The van der Waals surface area contributed by atoms with Crippen molar-refractivity contribution in [3.63, 3.8) is 0 Å². The molecule has 0 aliphatic carbocycles. The summed E-state index contributed by atoms with van der Waals surface area (Å²) in [4.78, 5) is 22.0. The number of hydrogen-bond acceptors (Lipinski definition) is 4. The minimum atomic E-state index is -1.01. The molecule has 0 saturated heterocycles. The highest BCUT2D eigenvalue weighted by Crippen LogP contribution is 2.14. The summed E-state index contributed by atoms with van der Waals surface area (Å²) in [5.74, 6) is -0.374. The van der Waals surface area contributed by atoms with Gasteiger partial charge in [-0.05, 0) is 26.8 Å². The summed E-state index contributed by atoms with van der Waals surface area (Å²) >= 11 is 0. The van der Waals surface area contributed by atoms with Gasteiger partial charge in [-0.2, -0.15) is 0 Å². The number of hydrogen-bond donors (Lipinski definition) is 2. The molecule has 2 heterocycles. The van der Waals surface area contributed by atoms with Gasteiger partial charge in [0, 0.05) is 6.20 Å². The summed E-state index contributed by atoms with van der Waals surface area (Å²) in [6.45, 7) is 6.20.